The Morgan fingerprint density at radius 3 is 2.47 bits per heavy atom. The van der Waals surface area contributed by atoms with Gasteiger partial charge in [-0.3, -0.25) is 9.69 Å². The van der Waals surface area contributed by atoms with Crippen LogP contribution in [-0.4, -0.2) is 41.9 Å². The van der Waals surface area contributed by atoms with Crippen molar-refractivity contribution in [1.29, 1.82) is 0 Å². The number of fused-ring (bicyclic) bond motifs is 1. The molecule has 0 bridgehead atoms. The van der Waals surface area contributed by atoms with Crippen molar-refractivity contribution in [1.82, 2.24) is 9.80 Å². The predicted molar refractivity (Wildman–Crippen MR) is 119 cm³/mol. The van der Waals surface area contributed by atoms with Crippen LogP contribution < -0.4 is 5.63 Å². The molecule has 1 saturated heterocycles. The summed E-state index contributed by atoms with van der Waals surface area (Å²) in [5.41, 5.74) is 2.79. The zero-order valence-electron chi connectivity index (χ0n) is 16.7. The van der Waals surface area contributed by atoms with Gasteiger partial charge in [-0.2, -0.15) is 0 Å². The van der Waals surface area contributed by atoms with Gasteiger partial charge < -0.3 is 9.32 Å². The number of amides is 1. The number of carbonyl (C=O) groups excluding carboxylic acids is 1. The smallest absolute Gasteiger partial charge is 0.336 e. The molecule has 2 heterocycles. The van der Waals surface area contributed by atoms with E-state index in [1.807, 2.05) is 36.1 Å². The average Bonchev–Trinajstić information content (AvgIpc) is 2.71. The summed E-state index contributed by atoms with van der Waals surface area (Å²) in [6.45, 7) is 5.23. The maximum atomic E-state index is 12.7. The summed E-state index contributed by atoms with van der Waals surface area (Å²) >= 11 is 12.5. The number of halogens is 2. The van der Waals surface area contributed by atoms with E-state index in [1.165, 1.54) is 6.07 Å². The molecule has 3 aromatic rings. The summed E-state index contributed by atoms with van der Waals surface area (Å²) in [7, 11) is 0. The van der Waals surface area contributed by atoms with Crippen molar-refractivity contribution in [2.75, 3.05) is 26.2 Å². The molecular weight excluding hydrogens is 423 g/mol. The van der Waals surface area contributed by atoms with Gasteiger partial charge in [0.1, 0.15) is 5.58 Å². The highest BCUT2D eigenvalue weighted by atomic mass is 35.5. The van der Waals surface area contributed by atoms with Crippen molar-refractivity contribution >= 4 is 40.1 Å². The molecule has 0 N–H and O–H groups in total. The van der Waals surface area contributed by atoms with Gasteiger partial charge in [-0.1, -0.05) is 41.4 Å². The second-order valence-electron chi connectivity index (χ2n) is 7.61. The van der Waals surface area contributed by atoms with Gasteiger partial charge in [0.15, 0.2) is 0 Å². The first-order valence-electron chi connectivity index (χ1n) is 9.87. The molecule has 0 radical (unpaired) electrons. The van der Waals surface area contributed by atoms with Gasteiger partial charge in [0.25, 0.3) is 0 Å². The maximum Gasteiger partial charge on any atom is 0.336 e. The number of benzene rings is 2. The molecular formula is C23H22Cl2N2O3. The molecule has 5 nitrogen and oxygen atoms in total. The number of aryl methyl sites for hydroxylation is 1. The van der Waals surface area contributed by atoms with Crippen molar-refractivity contribution in [3.63, 3.8) is 0 Å². The van der Waals surface area contributed by atoms with Gasteiger partial charge >= 0.3 is 5.63 Å². The highest BCUT2D eigenvalue weighted by Gasteiger charge is 2.22. The molecule has 30 heavy (non-hydrogen) atoms. The van der Waals surface area contributed by atoms with Crippen molar-refractivity contribution in [3.8, 4) is 0 Å². The first kappa shape index (κ1) is 20.9. The van der Waals surface area contributed by atoms with E-state index in [2.05, 4.69) is 4.90 Å². The molecule has 1 fully saturated rings. The minimum absolute atomic E-state index is 0.0795. The SMILES string of the molecule is Cc1cc2oc(=O)cc(CN3CCN(C(=O)Cc4ccccc4Cl)CC3)c2cc1Cl. The Kier molecular flexibility index (Phi) is 6.14. The molecule has 1 aliphatic rings. The Morgan fingerprint density at radius 2 is 1.73 bits per heavy atom. The molecule has 0 unspecified atom stereocenters. The van der Waals surface area contributed by atoms with Gasteiger partial charge in [-0.05, 0) is 41.8 Å². The lowest BCUT2D eigenvalue weighted by Gasteiger charge is -2.35. The lowest BCUT2D eigenvalue weighted by molar-refractivity contribution is -0.132. The topological polar surface area (TPSA) is 53.8 Å². The lowest BCUT2D eigenvalue weighted by Crippen LogP contribution is -2.48. The van der Waals surface area contributed by atoms with E-state index >= 15 is 0 Å². The Hall–Kier alpha value is -2.34. The van der Waals surface area contributed by atoms with E-state index in [9.17, 15) is 9.59 Å². The molecule has 2 aromatic carbocycles. The minimum Gasteiger partial charge on any atom is -0.423 e. The Labute approximate surface area is 184 Å². The third-order valence-corrected chi connectivity index (χ3v) is 6.30. The molecule has 0 spiro atoms. The summed E-state index contributed by atoms with van der Waals surface area (Å²) in [5, 5.41) is 2.11. The number of hydrogen-bond donors (Lipinski definition) is 0. The van der Waals surface area contributed by atoms with Gasteiger partial charge in [0, 0.05) is 54.2 Å². The third kappa shape index (κ3) is 4.53. The molecule has 4 rings (SSSR count). The van der Waals surface area contributed by atoms with Crippen LogP contribution in [0, 0.1) is 6.92 Å². The maximum absolute atomic E-state index is 12.7. The van der Waals surface area contributed by atoms with E-state index in [0.29, 0.717) is 41.7 Å². The van der Waals surface area contributed by atoms with Gasteiger partial charge in [-0.25, -0.2) is 4.79 Å². The monoisotopic (exact) mass is 444 g/mol. The quantitative estimate of drug-likeness (QED) is 0.563. The van der Waals surface area contributed by atoms with Crippen LogP contribution in [0.15, 0.2) is 51.7 Å². The summed E-state index contributed by atoms with van der Waals surface area (Å²) in [6, 6.07) is 12.6. The van der Waals surface area contributed by atoms with E-state index in [1.54, 1.807) is 12.1 Å². The number of piperazine rings is 1. The Bertz CT molecular complexity index is 1150. The predicted octanol–water partition coefficient (Wildman–Crippen LogP) is 4.30. The molecule has 7 heteroatoms. The van der Waals surface area contributed by atoms with Gasteiger partial charge in [-0.15, -0.1) is 0 Å². The first-order chi connectivity index (χ1) is 14.4. The van der Waals surface area contributed by atoms with Crippen molar-refractivity contribution in [3.05, 3.63) is 79.6 Å². The van der Waals surface area contributed by atoms with Crippen molar-refractivity contribution < 1.29 is 9.21 Å². The highest BCUT2D eigenvalue weighted by Crippen LogP contribution is 2.26. The number of carbonyl (C=O) groups is 1. The van der Waals surface area contributed by atoms with Crippen LogP contribution in [0.4, 0.5) is 0 Å². The van der Waals surface area contributed by atoms with E-state index in [0.717, 1.165) is 35.2 Å². The molecule has 156 valence electrons. The van der Waals surface area contributed by atoms with Crippen LogP contribution in [0.3, 0.4) is 0 Å². The largest absolute Gasteiger partial charge is 0.423 e. The van der Waals surface area contributed by atoms with E-state index < -0.39 is 0 Å². The second kappa shape index (κ2) is 8.80. The van der Waals surface area contributed by atoms with Crippen LogP contribution in [0.5, 0.6) is 0 Å². The summed E-state index contributed by atoms with van der Waals surface area (Å²) in [5.74, 6) is 0.0795. The lowest BCUT2D eigenvalue weighted by atomic mass is 10.1. The van der Waals surface area contributed by atoms with Crippen LogP contribution >= 0.6 is 23.2 Å². The van der Waals surface area contributed by atoms with Crippen molar-refractivity contribution in [2.24, 2.45) is 0 Å². The number of rotatable bonds is 4. The fourth-order valence-electron chi connectivity index (χ4n) is 3.79. The molecule has 1 amide bonds. The number of hydrogen-bond acceptors (Lipinski definition) is 4. The first-order valence-corrected chi connectivity index (χ1v) is 10.6. The van der Waals surface area contributed by atoms with Crippen LogP contribution in [0.2, 0.25) is 10.0 Å². The zero-order valence-corrected chi connectivity index (χ0v) is 18.2. The molecule has 0 saturated carbocycles. The normalized spacial score (nSPS) is 15.0. The third-order valence-electron chi connectivity index (χ3n) is 5.53. The number of nitrogens with zero attached hydrogens (tertiary/aromatic N) is 2. The van der Waals surface area contributed by atoms with E-state index in [4.69, 9.17) is 27.6 Å². The Morgan fingerprint density at radius 1 is 1.00 bits per heavy atom. The highest BCUT2D eigenvalue weighted by molar-refractivity contribution is 6.32. The molecule has 0 aliphatic carbocycles. The van der Waals surface area contributed by atoms with E-state index in [-0.39, 0.29) is 11.5 Å². The molecule has 1 aliphatic heterocycles. The van der Waals surface area contributed by atoms with Crippen LogP contribution in [-0.2, 0) is 17.8 Å². The minimum atomic E-state index is -0.368. The molecule has 1 aromatic heterocycles. The fourth-order valence-corrected chi connectivity index (χ4v) is 4.16. The van der Waals surface area contributed by atoms with Crippen molar-refractivity contribution in [2.45, 2.75) is 19.9 Å². The van der Waals surface area contributed by atoms with Crippen LogP contribution in [0.25, 0.3) is 11.0 Å². The van der Waals surface area contributed by atoms with Gasteiger partial charge in [0.2, 0.25) is 5.91 Å². The van der Waals surface area contributed by atoms with Crippen LogP contribution in [0.1, 0.15) is 16.7 Å². The fraction of sp³-hybridized carbons (Fsp3) is 0.304. The Balaban J connectivity index is 1.43. The standard InChI is InChI=1S/C23H22Cl2N2O3/c1-15-10-21-18(13-20(15)25)17(12-23(29)30-21)14-26-6-8-27(9-7-26)22(28)11-16-4-2-3-5-19(16)24/h2-5,10,12-13H,6-9,11,14H2,1H3. The summed E-state index contributed by atoms with van der Waals surface area (Å²) in [4.78, 5) is 28.8. The average molecular weight is 445 g/mol. The van der Waals surface area contributed by atoms with Gasteiger partial charge in [0.05, 0.1) is 6.42 Å². The summed E-state index contributed by atoms with van der Waals surface area (Å²) in [6.07, 6.45) is 0.307. The second-order valence-corrected chi connectivity index (χ2v) is 8.43. The zero-order chi connectivity index (χ0) is 21.3. The summed E-state index contributed by atoms with van der Waals surface area (Å²) < 4.78 is 5.35. The molecule has 0 atom stereocenters.